The predicted octanol–water partition coefficient (Wildman–Crippen LogP) is 4.24. The Kier molecular flexibility index (Phi) is 8.89. The first-order chi connectivity index (χ1) is 9.25. The van der Waals surface area contributed by atoms with Gasteiger partial charge in [-0.2, -0.15) is 0 Å². The van der Waals surface area contributed by atoms with Gasteiger partial charge < -0.3 is 9.47 Å². The summed E-state index contributed by atoms with van der Waals surface area (Å²) in [5.74, 6) is -0.177. The van der Waals surface area contributed by atoms with Gasteiger partial charge in [0.15, 0.2) is 6.10 Å². The summed E-state index contributed by atoms with van der Waals surface area (Å²) in [5, 5.41) is 0. The molecule has 1 heterocycles. The lowest BCUT2D eigenvalue weighted by Gasteiger charge is -2.03. The number of rotatable bonds is 12. The highest BCUT2D eigenvalue weighted by Crippen LogP contribution is 2.22. The number of hydrogen-bond acceptors (Lipinski definition) is 3. The van der Waals surface area contributed by atoms with Gasteiger partial charge in [0.05, 0.1) is 12.7 Å². The van der Waals surface area contributed by atoms with Gasteiger partial charge in [0.25, 0.3) is 0 Å². The van der Waals surface area contributed by atoms with Crippen molar-refractivity contribution < 1.29 is 14.3 Å². The Morgan fingerprint density at radius 1 is 0.947 bits per heavy atom. The summed E-state index contributed by atoms with van der Waals surface area (Å²) >= 11 is 0. The molecule has 3 heteroatoms. The lowest BCUT2D eigenvalue weighted by molar-refractivity contribution is -0.145. The molecule has 1 aliphatic rings. The van der Waals surface area contributed by atoms with Crippen LogP contribution in [0, 0.1) is 0 Å². The molecule has 0 amide bonds. The van der Waals surface area contributed by atoms with Gasteiger partial charge in [-0.3, -0.25) is 0 Å². The van der Waals surface area contributed by atoms with Crippen LogP contribution in [0.4, 0.5) is 0 Å². The Hall–Kier alpha value is -0.570. The molecule has 0 saturated carbocycles. The van der Waals surface area contributed by atoms with Crippen molar-refractivity contribution >= 4 is 5.97 Å². The summed E-state index contributed by atoms with van der Waals surface area (Å²) in [7, 11) is 0. The monoisotopic (exact) mass is 270 g/mol. The maximum atomic E-state index is 11.3. The van der Waals surface area contributed by atoms with Gasteiger partial charge in [-0.1, -0.05) is 64.7 Å². The average molecular weight is 270 g/mol. The molecule has 0 aromatic rings. The third kappa shape index (κ3) is 8.25. The number of ether oxygens (including phenoxy) is 2. The lowest BCUT2D eigenvalue weighted by Crippen LogP contribution is -2.13. The Balaban J connectivity index is 1.73. The van der Waals surface area contributed by atoms with E-state index in [-0.39, 0.29) is 18.2 Å². The van der Waals surface area contributed by atoms with Gasteiger partial charge >= 0.3 is 5.97 Å². The van der Waals surface area contributed by atoms with Crippen LogP contribution in [0.1, 0.15) is 78.1 Å². The second-order valence-corrected chi connectivity index (χ2v) is 5.61. The van der Waals surface area contributed by atoms with Crippen molar-refractivity contribution in [1.29, 1.82) is 0 Å². The first kappa shape index (κ1) is 16.5. The number of unbranched alkanes of at least 4 members (excludes halogenated alkanes) is 9. The molecule has 0 bridgehead atoms. The fraction of sp³-hybridized carbons (Fsp3) is 0.938. The molecule has 0 aliphatic carbocycles. The van der Waals surface area contributed by atoms with E-state index in [0.717, 1.165) is 6.42 Å². The number of esters is 1. The molecule has 0 spiro atoms. The smallest absolute Gasteiger partial charge is 0.337 e. The van der Waals surface area contributed by atoms with E-state index in [4.69, 9.17) is 9.47 Å². The van der Waals surface area contributed by atoms with Crippen LogP contribution in [-0.4, -0.2) is 24.8 Å². The second-order valence-electron chi connectivity index (χ2n) is 5.61. The highest BCUT2D eigenvalue weighted by molar-refractivity contribution is 5.77. The molecule has 19 heavy (non-hydrogen) atoms. The fourth-order valence-electron chi connectivity index (χ4n) is 2.28. The third-order valence-electron chi connectivity index (χ3n) is 3.69. The van der Waals surface area contributed by atoms with E-state index in [1.54, 1.807) is 0 Å². The van der Waals surface area contributed by atoms with Crippen LogP contribution in [0.3, 0.4) is 0 Å². The molecule has 0 aromatic carbocycles. The van der Waals surface area contributed by atoms with Gasteiger partial charge in [0.1, 0.15) is 0 Å². The fourth-order valence-corrected chi connectivity index (χ4v) is 2.28. The maximum absolute atomic E-state index is 11.3. The summed E-state index contributed by atoms with van der Waals surface area (Å²) in [6.45, 7) is 4.71. The minimum Gasteiger partial charge on any atom is -0.464 e. The molecule has 2 unspecified atom stereocenters. The minimum absolute atomic E-state index is 0.0696. The van der Waals surface area contributed by atoms with Gasteiger partial charge in [-0.05, 0) is 13.3 Å². The van der Waals surface area contributed by atoms with E-state index in [1.807, 2.05) is 6.92 Å². The molecule has 112 valence electrons. The molecule has 0 N–H and O–H groups in total. The summed E-state index contributed by atoms with van der Waals surface area (Å²) in [6.07, 6.45) is 12.8. The molecule has 1 rings (SSSR count). The van der Waals surface area contributed by atoms with E-state index in [9.17, 15) is 4.79 Å². The van der Waals surface area contributed by atoms with Crippen molar-refractivity contribution in [2.45, 2.75) is 90.3 Å². The standard InChI is InChI=1S/C16H30O3/c1-3-4-5-6-7-8-9-10-11-12-13-18-16(17)15-14(2)19-15/h14-15H,3-13H2,1-2H3. The quantitative estimate of drug-likeness (QED) is 0.302. The van der Waals surface area contributed by atoms with Crippen LogP contribution >= 0.6 is 0 Å². The lowest BCUT2D eigenvalue weighted by atomic mass is 10.1. The molecule has 0 radical (unpaired) electrons. The summed E-state index contributed by atoms with van der Waals surface area (Å²) in [4.78, 5) is 11.3. The first-order valence-electron chi connectivity index (χ1n) is 8.07. The Labute approximate surface area is 118 Å². The third-order valence-corrected chi connectivity index (χ3v) is 3.69. The Morgan fingerprint density at radius 3 is 1.89 bits per heavy atom. The van der Waals surface area contributed by atoms with Gasteiger partial charge in [0.2, 0.25) is 0 Å². The Morgan fingerprint density at radius 2 is 1.42 bits per heavy atom. The normalized spacial score (nSPS) is 21.4. The highest BCUT2D eigenvalue weighted by atomic mass is 16.6. The van der Waals surface area contributed by atoms with Gasteiger partial charge in [-0.15, -0.1) is 0 Å². The van der Waals surface area contributed by atoms with E-state index >= 15 is 0 Å². The van der Waals surface area contributed by atoms with Crippen molar-refractivity contribution in [3.63, 3.8) is 0 Å². The zero-order valence-electron chi connectivity index (χ0n) is 12.7. The number of carbonyl (C=O) groups is 1. The molecular formula is C16H30O3. The van der Waals surface area contributed by atoms with Crippen LogP contribution in [-0.2, 0) is 14.3 Å². The van der Waals surface area contributed by atoms with E-state index in [1.165, 1.54) is 57.8 Å². The van der Waals surface area contributed by atoms with Crippen molar-refractivity contribution in [2.24, 2.45) is 0 Å². The second kappa shape index (κ2) is 10.2. The van der Waals surface area contributed by atoms with Crippen LogP contribution in [0.5, 0.6) is 0 Å². The van der Waals surface area contributed by atoms with Crippen molar-refractivity contribution in [3.8, 4) is 0 Å². The van der Waals surface area contributed by atoms with E-state index < -0.39 is 0 Å². The minimum atomic E-state index is -0.275. The molecule has 2 atom stereocenters. The van der Waals surface area contributed by atoms with Crippen LogP contribution in [0.2, 0.25) is 0 Å². The van der Waals surface area contributed by atoms with Gasteiger partial charge in [-0.25, -0.2) is 4.79 Å². The first-order valence-corrected chi connectivity index (χ1v) is 8.07. The molecular weight excluding hydrogens is 240 g/mol. The topological polar surface area (TPSA) is 38.8 Å². The summed E-state index contributed by atoms with van der Waals surface area (Å²) in [6, 6.07) is 0. The molecule has 3 nitrogen and oxygen atoms in total. The van der Waals surface area contributed by atoms with Crippen molar-refractivity contribution in [2.75, 3.05) is 6.61 Å². The van der Waals surface area contributed by atoms with Crippen molar-refractivity contribution in [1.82, 2.24) is 0 Å². The molecule has 1 saturated heterocycles. The van der Waals surface area contributed by atoms with E-state index in [0.29, 0.717) is 6.61 Å². The molecule has 1 fully saturated rings. The maximum Gasteiger partial charge on any atom is 0.337 e. The summed E-state index contributed by atoms with van der Waals surface area (Å²) < 4.78 is 10.2. The van der Waals surface area contributed by atoms with Crippen LogP contribution < -0.4 is 0 Å². The Bertz CT molecular complexity index is 240. The zero-order chi connectivity index (χ0) is 13.9. The van der Waals surface area contributed by atoms with E-state index in [2.05, 4.69) is 6.92 Å². The molecule has 0 aromatic heterocycles. The van der Waals surface area contributed by atoms with Crippen LogP contribution in [0.25, 0.3) is 0 Å². The van der Waals surface area contributed by atoms with Crippen LogP contribution in [0.15, 0.2) is 0 Å². The average Bonchev–Trinajstić information content (AvgIpc) is 3.13. The SMILES string of the molecule is CCCCCCCCCCCCOC(=O)C1OC1C. The zero-order valence-corrected chi connectivity index (χ0v) is 12.7. The van der Waals surface area contributed by atoms with Gasteiger partial charge in [0, 0.05) is 0 Å². The highest BCUT2D eigenvalue weighted by Gasteiger charge is 2.42. The molecule has 1 aliphatic heterocycles. The number of hydrogen-bond donors (Lipinski definition) is 0. The summed E-state index contributed by atoms with van der Waals surface area (Å²) in [5.41, 5.74) is 0. The number of epoxide rings is 1. The number of carbonyl (C=O) groups excluding carboxylic acids is 1. The predicted molar refractivity (Wildman–Crippen MR) is 77.1 cm³/mol. The van der Waals surface area contributed by atoms with Crippen molar-refractivity contribution in [3.05, 3.63) is 0 Å². The largest absolute Gasteiger partial charge is 0.464 e.